The molecule has 1 atom stereocenters. The molecule has 3 aromatic rings. The van der Waals surface area contributed by atoms with E-state index in [-0.39, 0.29) is 6.54 Å². The summed E-state index contributed by atoms with van der Waals surface area (Å²) in [5.74, 6) is 0.721. The predicted octanol–water partition coefficient (Wildman–Crippen LogP) is 3.14. The van der Waals surface area contributed by atoms with E-state index < -0.39 is 5.97 Å². The van der Waals surface area contributed by atoms with Crippen molar-refractivity contribution in [1.29, 1.82) is 0 Å². The van der Waals surface area contributed by atoms with E-state index in [0.29, 0.717) is 23.5 Å². The van der Waals surface area contributed by atoms with Gasteiger partial charge in [0.15, 0.2) is 0 Å². The van der Waals surface area contributed by atoms with Crippen LogP contribution < -0.4 is 5.32 Å². The first-order valence-electron chi connectivity index (χ1n) is 8.79. The molecule has 0 aliphatic heterocycles. The Hall–Kier alpha value is -2.90. The maximum absolute atomic E-state index is 10.7. The molecule has 3 heterocycles. The number of carboxylic acids is 1. The third-order valence-electron chi connectivity index (χ3n) is 4.59. The predicted molar refractivity (Wildman–Crippen MR) is 99.3 cm³/mol. The minimum absolute atomic E-state index is 0.183. The second-order valence-electron chi connectivity index (χ2n) is 6.80. The quantitative estimate of drug-likeness (QED) is 0.643. The first-order chi connectivity index (χ1) is 12.5. The lowest BCUT2D eigenvalue weighted by Crippen LogP contribution is -2.15. The van der Waals surface area contributed by atoms with Gasteiger partial charge in [0.1, 0.15) is 12.2 Å². The maximum atomic E-state index is 10.7. The molecule has 0 unspecified atom stereocenters. The van der Waals surface area contributed by atoms with Gasteiger partial charge in [-0.15, -0.1) is 0 Å². The molecule has 0 fully saturated rings. The SMILES string of the molecule is CC[C@H](Cn1ccc2cnc(Nc3cnn(CC(=O)O)c3)nc21)C(C)C. The molecule has 0 saturated carbocycles. The van der Waals surface area contributed by atoms with Crippen LogP contribution in [0, 0.1) is 11.8 Å². The summed E-state index contributed by atoms with van der Waals surface area (Å²) in [6.07, 6.45) is 8.14. The van der Waals surface area contributed by atoms with E-state index in [2.05, 4.69) is 51.9 Å². The lowest BCUT2D eigenvalue weighted by atomic mass is 9.93. The van der Waals surface area contributed by atoms with Crippen molar-refractivity contribution in [2.75, 3.05) is 5.32 Å². The van der Waals surface area contributed by atoms with Crippen LogP contribution in [0.5, 0.6) is 0 Å². The minimum atomic E-state index is -0.939. The molecule has 0 aliphatic carbocycles. The number of fused-ring (bicyclic) bond motifs is 1. The molecule has 3 aromatic heterocycles. The minimum Gasteiger partial charge on any atom is -0.480 e. The third kappa shape index (κ3) is 4.01. The molecule has 2 N–H and O–H groups in total. The molecular weight excluding hydrogens is 332 g/mol. The Balaban J connectivity index is 1.80. The molecule has 0 spiro atoms. The van der Waals surface area contributed by atoms with Crippen LogP contribution in [0.4, 0.5) is 11.6 Å². The fraction of sp³-hybridized carbons (Fsp3) is 0.444. The summed E-state index contributed by atoms with van der Waals surface area (Å²) in [5, 5.41) is 16.9. The van der Waals surface area contributed by atoms with Crippen LogP contribution in [-0.4, -0.2) is 35.4 Å². The van der Waals surface area contributed by atoms with Gasteiger partial charge in [-0.3, -0.25) is 9.48 Å². The second kappa shape index (κ2) is 7.55. The van der Waals surface area contributed by atoms with E-state index in [1.165, 1.54) is 4.68 Å². The average molecular weight is 356 g/mol. The zero-order chi connectivity index (χ0) is 18.7. The Morgan fingerprint density at radius 3 is 2.85 bits per heavy atom. The number of rotatable bonds is 8. The number of nitrogens with one attached hydrogen (secondary N) is 1. The standard InChI is InChI=1S/C18H24N6O2/c1-4-13(12(2)3)9-23-6-5-14-7-19-18(22-17(14)23)21-15-8-20-24(10-15)11-16(25)26/h5-8,10,12-13H,4,9,11H2,1-3H3,(H,25,26)(H,19,21,22)/t13-/m1/s1. The summed E-state index contributed by atoms with van der Waals surface area (Å²) in [6.45, 7) is 7.45. The van der Waals surface area contributed by atoms with Crippen molar-refractivity contribution in [3.8, 4) is 0 Å². The highest BCUT2D eigenvalue weighted by Gasteiger charge is 2.14. The summed E-state index contributed by atoms with van der Waals surface area (Å²) in [7, 11) is 0. The zero-order valence-electron chi connectivity index (χ0n) is 15.3. The van der Waals surface area contributed by atoms with Crippen LogP contribution in [0.15, 0.2) is 30.9 Å². The Morgan fingerprint density at radius 1 is 1.35 bits per heavy atom. The van der Waals surface area contributed by atoms with Gasteiger partial charge in [0.2, 0.25) is 5.95 Å². The molecule has 8 nitrogen and oxygen atoms in total. The van der Waals surface area contributed by atoms with Crippen molar-refractivity contribution >= 4 is 28.6 Å². The van der Waals surface area contributed by atoms with E-state index in [1.807, 2.05) is 6.07 Å². The van der Waals surface area contributed by atoms with Gasteiger partial charge >= 0.3 is 5.97 Å². The Labute approximate surface area is 151 Å². The average Bonchev–Trinajstić information content (AvgIpc) is 3.18. The molecule has 8 heteroatoms. The monoisotopic (exact) mass is 356 g/mol. The molecule has 0 aliphatic rings. The van der Waals surface area contributed by atoms with Gasteiger partial charge in [0, 0.05) is 30.5 Å². The van der Waals surface area contributed by atoms with Crippen molar-refractivity contribution in [2.24, 2.45) is 11.8 Å². The van der Waals surface area contributed by atoms with Gasteiger partial charge in [0.05, 0.1) is 11.9 Å². The van der Waals surface area contributed by atoms with Crippen LogP contribution in [0.3, 0.4) is 0 Å². The molecule has 0 radical (unpaired) electrons. The Morgan fingerprint density at radius 2 is 2.15 bits per heavy atom. The normalized spacial score (nSPS) is 12.6. The molecule has 0 amide bonds. The molecule has 0 bridgehead atoms. The van der Waals surface area contributed by atoms with Crippen LogP contribution in [-0.2, 0) is 17.9 Å². The summed E-state index contributed by atoms with van der Waals surface area (Å²) in [5.41, 5.74) is 1.54. The first-order valence-corrected chi connectivity index (χ1v) is 8.79. The van der Waals surface area contributed by atoms with Gasteiger partial charge in [-0.1, -0.05) is 27.2 Å². The maximum Gasteiger partial charge on any atom is 0.325 e. The second-order valence-corrected chi connectivity index (χ2v) is 6.80. The zero-order valence-corrected chi connectivity index (χ0v) is 15.3. The highest BCUT2D eigenvalue weighted by molar-refractivity contribution is 5.76. The largest absolute Gasteiger partial charge is 0.480 e. The first kappa shape index (κ1) is 17.9. The number of carbonyl (C=O) groups is 1. The fourth-order valence-electron chi connectivity index (χ4n) is 3.02. The fourth-order valence-corrected chi connectivity index (χ4v) is 3.02. The van der Waals surface area contributed by atoms with E-state index in [1.54, 1.807) is 18.6 Å². The van der Waals surface area contributed by atoms with Crippen molar-refractivity contribution in [1.82, 2.24) is 24.3 Å². The molecule has 0 saturated heterocycles. The smallest absolute Gasteiger partial charge is 0.325 e. The van der Waals surface area contributed by atoms with Crippen LogP contribution in [0.2, 0.25) is 0 Å². The topological polar surface area (TPSA) is 97.9 Å². The van der Waals surface area contributed by atoms with Gasteiger partial charge in [0.25, 0.3) is 0 Å². The van der Waals surface area contributed by atoms with Crippen LogP contribution in [0.25, 0.3) is 11.0 Å². The van der Waals surface area contributed by atoms with E-state index in [0.717, 1.165) is 24.0 Å². The molecule has 0 aromatic carbocycles. The number of aliphatic carboxylic acids is 1. The van der Waals surface area contributed by atoms with E-state index >= 15 is 0 Å². The van der Waals surface area contributed by atoms with Crippen LogP contribution in [0.1, 0.15) is 27.2 Å². The Bertz CT molecular complexity index is 898. The number of hydrogen-bond donors (Lipinski definition) is 2. The third-order valence-corrected chi connectivity index (χ3v) is 4.59. The number of anilines is 2. The van der Waals surface area contributed by atoms with Crippen molar-refractivity contribution in [3.63, 3.8) is 0 Å². The van der Waals surface area contributed by atoms with Crippen LogP contribution >= 0.6 is 0 Å². The molecular formula is C18H24N6O2. The lowest BCUT2D eigenvalue weighted by Gasteiger charge is -2.20. The van der Waals surface area contributed by atoms with Crippen molar-refractivity contribution in [2.45, 2.75) is 40.3 Å². The highest BCUT2D eigenvalue weighted by atomic mass is 16.4. The lowest BCUT2D eigenvalue weighted by molar-refractivity contribution is -0.137. The van der Waals surface area contributed by atoms with Gasteiger partial charge in [-0.2, -0.15) is 10.1 Å². The van der Waals surface area contributed by atoms with Crippen molar-refractivity contribution < 1.29 is 9.90 Å². The molecule has 3 rings (SSSR count). The van der Waals surface area contributed by atoms with Gasteiger partial charge in [-0.05, 0) is 17.9 Å². The number of aromatic nitrogens is 5. The summed E-state index contributed by atoms with van der Waals surface area (Å²) < 4.78 is 3.52. The molecule has 26 heavy (non-hydrogen) atoms. The Kier molecular flexibility index (Phi) is 5.20. The van der Waals surface area contributed by atoms with Gasteiger partial charge < -0.3 is 15.0 Å². The number of carboxylic acid groups (broad SMARTS) is 1. The van der Waals surface area contributed by atoms with E-state index in [9.17, 15) is 4.79 Å². The summed E-state index contributed by atoms with van der Waals surface area (Å²) in [4.78, 5) is 19.7. The van der Waals surface area contributed by atoms with Gasteiger partial charge in [-0.25, -0.2) is 4.98 Å². The number of hydrogen-bond acceptors (Lipinski definition) is 5. The summed E-state index contributed by atoms with van der Waals surface area (Å²) >= 11 is 0. The molecule has 138 valence electrons. The number of nitrogens with zero attached hydrogens (tertiary/aromatic N) is 5. The highest BCUT2D eigenvalue weighted by Crippen LogP contribution is 2.22. The van der Waals surface area contributed by atoms with E-state index in [4.69, 9.17) is 5.11 Å². The summed E-state index contributed by atoms with van der Waals surface area (Å²) in [6, 6.07) is 2.02. The van der Waals surface area contributed by atoms with Crippen molar-refractivity contribution in [3.05, 3.63) is 30.9 Å².